The minimum atomic E-state index is -2.50. The molecule has 0 saturated heterocycles. The largest absolute Gasteiger partial charge is 0.500 e. The lowest BCUT2D eigenvalue weighted by Crippen LogP contribution is -2.46. The Morgan fingerprint density at radius 1 is 1.14 bits per heavy atom. The van der Waals surface area contributed by atoms with Crippen LogP contribution in [-0.4, -0.2) is 44.9 Å². The molecule has 0 aromatic rings. The highest BCUT2D eigenvalue weighted by molar-refractivity contribution is 8.00. The van der Waals surface area contributed by atoms with Crippen molar-refractivity contribution in [3.63, 3.8) is 0 Å². The van der Waals surface area contributed by atoms with Crippen LogP contribution in [0.15, 0.2) is 0 Å². The Morgan fingerprint density at radius 2 is 1.73 bits per heavy atom. The van der Waals surface area contributed by atoms with E-state index in [1.807, 2.05) is 32.5 Å². The van der Waals surface area contributed by atoms with Crippen molar-refractivity contribution in [2.24, 2.45) is 0 Å². The number of ketones is 1. The summed E-state index contributed by atoms with van der Waals surface area (Å²) in [5, 5.41) is 0. The lowest BCUT2D eigenvalue weighted by molar-refractivity contribution is -0.120. The average Bonchev–Trinajstić information content (AvgIpc) is 2.44. The second-order valence-corrected chi connectivity index (χ2v) is 10.4. The van der Waals surface area contributed by atoms with Gasteiger partial charge in [-0.15, -0.1) is 0 Å². The van der Waals surface area contributed by atoms with E-state index in [1.165, 1.54) is 0 Å². The maximum absolute atomic E-state index is 11.7. The van der Waals surface area contributed by atoms with Crippen molar-refractivity contribution in [2.75, 3.05) is 25.6 Å². The summed E-state index contributed by atoms with van der Waals surface area (Å²) >= 11 is 1.93. The second kappa shape index (κ2) is 10.1. The molecule has 6 heteroatoms. The number of rotatable bonds is 11. The van der Waals surface area contributed by atoms with E-state index < -0.39 is 8.80 Å². The maximum Gasteiger partial charge on any atom is 0.500 e. The number of carbonyl (C=O) groups is 1. The fourth-order valence-corrected chi connectivity index (χ4v) is 7.19. The fraction of sp³-hybridized carbons (Fsp3) is 0.938. The molecule has 1 atom stereocenters. The SMILES string of the molecule is CCO[Si](CCCSC1(C)CCCC(=O)C1)(OCC)OCC. The van der Waals surface area contributed by atoms with Crippen LogP contribution in [0.3, 0.4) is 0 Å². The normalized spacial score (nSPS) is 23.0. The molecule has 1 unspecified atom stereocenters. The predicted octanol–water partition coefficient (Wildman–Crippen LogP) is 4.06. The van der Waals surface area contributed by atoms with E-state index in [1.54, 1.807) is 0 Å². The Labute approximate surface area is 141 Å². The first kappa shape index (κ1) is 20.2. The molecular weight excluding hydrogens is 316 g/mol. The van der Waals surface area contributed by atoms with Gasteiger partial charge in [0.2, 0.25) is 0 Å². The summed E-state index contributed by atoms with van der Waals surface area (Å²) in [6.07, 6.45) is 4.70. The van der Waals surface area contributed by atoms with Gasteiger partial charge in [0.25, 0.3) is 0 Å². The van der Waals surface area contributed by atoms with Crippen molar-refractivity contribution in [1.29, 1.82) is 0 Å². The molecule has 1 rings (SSSR count). The maximum atomic E-state index is 11.7. The zero-order valence-electron chi connectivity index (χ0n) is 14.6. The molecule has 1 saturated carbocycles. The van der Waals surface area contributed by atoms with Crippen LogP contribution in [0.4, 0.5) is 0 Å². The Balaban J connectivity index is 2.42. The van der Waals surface area contributed by atoms with Crippen molar-refractivity contribution in [3.8, 4) is 0 Å². The highest BCUT2D eigenvalue weighted by Crippen LogP contribution is 2.38. The minimum Gasteiger partial charge on any atom is -0.374 e. The third-order valence-corrected chi connectivity index (χ3v) is 8.59. The van der Waals surface area contributed by atoms with Crippen LogP contribution in [0.2, 0.25) is 6.04 Å². The molecule has 0 radical (unpaired) electrons. The summed E-state index contributed by atoms with van der Waals surface area (Å²) in [5.74, 6) is 1.45. The van der Waals surface area contributed by atoms with Crippen molar-refractivity contribution >= 4 is 26.3 Å². The first-order valence-electron chi connectivity index (χ1n) is 8.56. The summed E-state index contributed by atoms with van der Waals surface area (Å²) in [4.78, 5) is 11.7. The Bertz CT molecular complexity index is 323. The summed E-state index contributed by atoms with van der Waals surface area (Å²) in [7, 11) is -2.50. The Kier molecular flexibility index (Phi) is 9.24. The topological polar surface area (TPSA) is 44.8 Å². The van der Waals surface area contributed by atoms with Gasteiger partial charge in [0, 0.05) is 43.5 Å². The molecule has 1 aliphatic carbocycles. The van der Waals surface area contributed by atoms with E-state index in [2.05, 4.69) is 6.92 Å². The first-order chi connectivity index (χ1) is 10.5. The van der Waals surface area contributed by atoms with Crippen LogP contribution in [-0.2, 0) is 18.1 Å². The Morgan fingerprint density at radius 3 is 2.23 bits per heavy atom. The molecule has 0 N–H and O–H groups in total. The molecule has 0 spiro atoms. The Hall–Kier alpha value is 0.117. The van der Waals surface area contributed by atoms with Crippen LogP contribution in [0.1, 0.15) is 59.8 Å². The summed E-state index contributed by atoms with van der Waals surface area (Å²) < 4.78 is 17.8. The van der Waals surface area contributed by atoms with Crippen LogP contribution in [0, 0.1) is 0 Å². The zero-order valence-corrected chi connectivity index (χ0v) is 16.4. The first-order valence-corrected chi connectivity index (χ1v) is 11.5. The van der Waals surface area contributed by atoms with Crippen LogP contribution >= 0.6 is 11.8 Å². The molecule has 4 nitrogen and oxygen atoms in total. The molecule has 0 amide bonds. The number of hydrogen-bond acceptors (Lipinski definition) is 5. The second-order valence-electron chi connectivity index (χ2n) is 5.95. The number of thioether (sulfide) groups is 1. The van der Waals surface area contributed by atoms with Gasteiger partial charge in [-0.3, -0.25) is 4.79 Å². The molecule has 0 heterocycles. The molecule has 130 valence electrons. The third-order valence-electron chi connectivity index (χ3n) is 3.90. The van der Waals surface area contributed by atoms with E-state index in [9.17, 15) is 4.79 Å². The number of carbonyl (C=O) groups excluding carboxylic acids is 1. The van der Waals surface area contributed by atoms with Gasteiger partial charge in [0.15, 0.2) is 0 Å². The molecule has 0 aromatic heterocycles. The molecule has 1 fully saturated rings. The zero-order chi connectivity index (χ0) is 16.5. The highest BCUT2D eigenvalue weighted by Gasteiger charge is 2.40. The summed E-state index contributed by atoms with van der Waals surface area (Å²) in [6.45, 7) is 10.1. The van der Waals surface area contributed by atoms with Gasteiger partial charge in [-0.25, -0.2) is 0 Å². The van der Waals surface area contributed by atoms with Gasteiger partial charge >= 0.3 is 8.80 Å². The molecule has 0 aliphatic heterocycles. The molecule has 0 bridgehead atoms. The fourth-order valence-electron chi connectivity index (χ4n) is 2.99. The van der Waals surface area contributed by atoms with E-state index in [0.717, 1.165) is 43.9 Å². The predicted molar refractivity (Wildman–Crippen MR) is 94.4 cm³/mol. The van der Waals surface area contributed by atoms with E-state index >= 15 is 0 Å². The van der Waals surface area contributed by atoms with E-state index in [4.69, 9.17) is 13.3 Å². The summed E-state index contributed by atoms with van der Waals surface area (Å²) in [6, 6.07) is 0.861. The monoisotopic (exact) mass is 348 g/mol. The van der Waals surface area contributed by atoms with E-state index in [-0.39, 0.29) is 4.75 Å². The van der Waals surface area contributed by atoms with Crippen molar-refractivity contribution in [2.45, 2.75) is 70.6 Å². The number of hydrogen-bond donors (Lipinski definition) is 0. The minimum absolute atomic E-state index is 0.127. The van der Waals surface area contributed by atoms with E-state index in [0.29, 0.717) is 25.6 Å². The van der Waals surface area contributed by atoms with Crippen molar-refractivity contribution < 1.29 is 18.1 Å². The molecule has 1 aliphatic rings. The smallest absolute Gasteiger partial charge is 0.374 e. The van der Waals surface area contributed by atoms with Crippen LogP contribution in [0.25, 0.3) is 0 Å². The van der Waals surface area contributed by atoms with Gasteiger partial charge in [-0.1, -0.05) is 6.92 Å². The van der Waals surface area contributed by atoms with Crippen molar-refractivity contribution in [1.82, 2.24) is 0 Å². The van der Waals surface area contributed by atoms with Gasteiger partial charge < -0.3 is 13.3 Å². The number of Topliss-reactive ketones (excluding diaryl/α,β-unsaturated/α-hetero) is 1. The molecule has 0 aromatic carbocycles. The lowest BCUT2D eigenvalue weighted by atomic mass is 9.89. The molecule has 22 heavy (non-hydrogen) atoms. The van der Waals surface area contributed by atoms with Gasteiger partial charge in [0.05, 0.1) is 0 Å². The third kappa shape index (κ3) is 6.70. The van der Waals surface area contributed by atoms with Gasteiger partial charge in [0.1, 0.15) is 5.78 Å². The van der Waals surface area contributed by atoms with Gasteiger partial charge in [-0.2, -0.15) is 11.8 Å². The van der Waals surface area contributed by atoms with Crippen LogP contribution in [0.5, 0.6) is 0 Å². The lowest BCUT2D eigenvalue weighted by Gasteiger charge is -2.33. The van der Waals surface area contributed by atoms with Crippen LogP contribution < -0.4 is 0 Å². The highest BCUT2D eigenvalue weighted by atomic mass is 32.2. The van der Waals surface area contributed by atoms with Gasteiger partial charge in [-0.05, 0) is 45.8 Å². The standard InChI is InChI=1S/C16H32O4SSi/c1-5-18-22(19-6-2,20-7-3)13-9-12-21-16(4)11-8-10-15(17)14-16/h5-14H2,1-4H3. The summed E-state index contributed by atoms with van der Waals surface area (Å²) in [5.41, 5.74) is 0. The molecular formula is C16H32O4SSi. The quantitative estimate of drug-likeness (QED) is 0.416. The van der Waals surface area contributed by atoms with Crippen molar-refractivity contribution in [3.05, 3.63) is 0 Å². The average molecular weight is 349 g/mol.